The molecule has 0 spiro atoms. The molecular weight excluding hydrogens is 1100 g/mol. The number of para-hydroxylation sites is 4. The zero-order valence-corrected chi connectivity index (χ0v) is 42.2. The smallest absolute Gasteiger partial charge is 0.657 e. The van der Waals surface area contributed by atoms with E-state index < -0.39 is 12.2 Å². The molecule has 2 aliphatic rings. The second kappa shape index (κ2) is 22.7. The van der Waals surface area contributed by atoms with Crippen molar-refractivity contribution in [3.05, 3.63) is 144 Å². The van der Waals surface area contributed by atoms with Crippen molar-refractivity contribution in [2.75, 3.05) is 21.3 Å². The Labute approximate surface area is 426 Å². The number of aromatic nitrogens is 4. The van der Waals surface area contributed by atoms with Crippen LogP contribution in [0.5, 0.6) is 0 Å². The summed E-state index contributed by atoms with van der Waals surface area (Å²) in [6, 6.07) is 37.0. The van der Waals surface area contributed by atoms with Crippen molar-refractivity contribution in [3.8, 4) is 44.5 Å². The third kappa shape index (κ3) is 11.3. The summed E-state index contributed by atoms with van der Waals surface area (Å²) in [5.41, 5.74) is 11.2. The molecule has 5 heterocycles. The van der Waals surface area contributed by atoms with E-state index >= 15 is 0 Å². The molecule has 3 radical (unpaired) electrons. The Kier molecular flexibility index (Phi) is 16.7. The summed E-state index contributed by atoms with van der Waals surface area (Å²) in [7, 11) is 0. The van der Waals surface area contributed by atoms with Crippen molar-refractivity contribution >= 4 is 119 Å². The Morgan fingerprint density at radius 1 is 0.451 bits per heavy atom. The quantitative estimate of drug-likeness (QED) is 0.0428. The van der Waals surface area contributed by atoms with Gasteiger partial charge in [-0.15, -0.1) is 22.1 Å². The molecule has 0 saturated carbocycles. The standard InChI is InChI=1S/C54H46N8O6.Bi.2H2O/c1-30(63)55-37-16-8-4-12-33(37)51-41-20-22-43(58-41)52(34-13-5-9-17-38(34)56-31(2)64)45-24-26-47(60-45)54(36-15-7-11-19-40(36)62-49(66)28-29-50(67)68)48-27-25-46(61-48)53(44-23-21-42(51)59-44)35-14-6-10-18-39(35)57-32(3)65;;;/h4-27,50,67-68H,28-29H2,1-3H3,(H6,55,56,57,58,59,60,61,62,63,64,65,66);;2*1H2/q;+2;;. The minimum Gasteiger partial charge on any atom is -0.657 e. The minimum absolute atomic E-state index is 0. The zero-order valence-electron chi connectivity index (χ0n) is 38.8. The summed E-state index contributed by atoms with van der Waals surface area (Å²) in [6.45, 7) is 4.34. The summed E-state index contributed by atoms with van der Waals surface area (Å²) in [4.78, 5) is 72.5. The van der Waals surface area contributed by atoms with E-state index in [2.05, 4.69) is 21.3 Å². The number of carbonyl (C=O) groups is 4. The summed E-state index contributed by atoms with van der Waals surface area (Å²) in [5.74, 6) is -1.21. The Balaban J connectivity index is 0.00000275. The van der Waals surface area contributed by atoms with Gasteiger partial charge < -0.3 is 52.4 Å². The maximum absolute atomic E-state index is 13.3. The average molecular weight is 1150 g/mol. The Morgan fingerprint density at radius 2 is 0.718 bits per heavy atom. The van der Waals surface area contributed by atoms with Crippen molar-refractivity contribution in [2.45, 2.75) is 39.9 Å². The molecule has 12 N–H and O–H groups in total. The van der Waals surface area contributed by atoms with Gasteiger partial charge in [0.25, 0.3) is 0 Å². The van der Waals surface area contributed by atoms with Crippen LogP contribution < -0.4 is 31.2 Å². The predicted molar refractivity (Wildman–Crippen MR) is 283 cm³/mol. The van der Waals surface area contributed by atoms with E-state index in [1.807, 2.05) is 133 Å². The number of carbonyl (C=O) groups excluding carboxylic acids is 4. The molecule has 3 aromatic heterocycles. The SMILES string of the molecule is CC(=O)Nc1ccccc1-c1c2nc(c(-c3ccccc3NC(C)=O)c3ccc([n-]3)c(-c3ccccc3NC(=O)CCC(O)O)c3nc(c(-c4ccccc4NC(C)=O)c4ccc1[n-]4)C=C3)C=C2.[Bi+2].[OH3+].[OH3+]. The van der Waals surface area contributed by atoms with E-state index in [0.29, 0.717) is 112 Å². The number of hydrogen-bond acceptors (Lipinski definition) is 8. The van der Waals surface area contributed by atoms with Gasteiger partial charge in [0.1, 0.15) is 0 Å². The molecule has 0 fully saturated rings. The number of rotatable bonds is 11. The number of anilines is 4. The number of aliphatic hydroxyl groups excluding tert-OH is 1. The largest absolute Gasteiger partial charge is 2.00 e. The molecule has 71 heavy (non-hydrogen) atoms. The third-order valence-corrected chi connectivity index (χ3v) is 11.2. The van der Waals surface area contributed by atoms with Gasteiger partial charge in [0.05, 0.1) is 22.8 Å². The molecule has 4 amide bonds. The van der Waals surface area contributed by atoms with Crippen molar-refractivity contribution in [1.29, 1.82) is 0 Å². The Hall–Kier alpha value is -7.92. The Morgan fingerprint density at radius 3 is 0.986 bits per heavy atom. The van der Waals surface area contributed by atoms with E-state index in [1.165, 1.54) is 20.8 Å². The summed E-state index contributed by atoms with van der Waals surface area (Å²) >= 11 is 0. The average Bonchev–Trinajstić information content (AvgIpc) is 4.16. The minimum atomic E-state index is -1.65. The molecule has 2 aliphatic heterocycles. The number of nitrogens with zero attached hydrogens (tertiary/aromatic N) is 4. The molecule has 0 saturated heterocycles. The first-order valence-corrected chi connectivity index (χ1v) is 21.8. The van der Waals surface area contributed by atoms with E-state index in [9.17, 15) is 29.4 Å². The van der Waals surface area contributed by atoms with E-state index in [4.69, 9.17) is 19.9 Å². The molecule has 0 unspecified atom stereocenters. The molecule has 8 bridgehead atoms. The predicted octanol–water partition coefficient (Wildman–Crippen LogP) is 7.26. The first kappa shape index (κ1) is 52.5. The second-order valence-electron chi connectivity index (χ2n) is 16.2. The number of benzene rings is 4. The van der Waals surface area contributed by atoms with Crippen molar-refractivity contribution in [1.82, 2.24) is 19.9 Å². The number of fused-ring (bicyclic) bond motifs is 8. The normalized spacial score (nSPS) is 11.2. The molecule has 17 heteroatoms. The van der Waals surface area contributed by atoms with Gasteiger partial charge in [0.15, 0.2) is 6.29 Å². The summed E-state index contributed by atoms with van der Waals surface area (Å²) in [6.07, 6.45) is 5.57. The van der Waals surface area contributed by atoms with E-state index in [-0.39, 0.29) is 67.7 Å². The summed E-state index contributed by atoms with van der Waals surface area (Å²) < 4.78 is 0. The van der Waals surface area contributed by atoms with Crippen molar-refractivity contribution < 1.29 is 40.3 Å². The van der Waals surface area contributed by atoms with Gasteiger partial charge in [-0.25, -0.2) is 9.97 Å². The van der Waals surface area contributed by atoms with Crippen LogP contribution in [0.1, 0.15) is 56.4 Å². The molecule has 0 aliphatic carbocycles. The maximum Gasteiger partial charge on any atom is 2.00 e. The Bertz CT molecular complexity index is 3370. The van der Waals surface area contributed by atoms with E-state index in [0.717, 1.165) is 0 Å². The third-order valence-electron chi connectivity index (χ3n) is 11.2. The van der Waals surface area contributed by atoms with Crippen LogP contribution in [0.4, 0.5) is 22.7 Å². The molecule has 16 nitrogen and oxygen atoms in total. The van der Waals surface area contributed by atoms with Crippen LogP contribution in [-0.4, -0.2) is 76.3 Å². The topological polar surface area (TPSA) is 277 Å². The zero-order chi connectivity index (χ0) is 47.5. The van der Waals surface area contributed by atoms with E-state index in [1.54, 1.807) is 12.1 Å². The van der Waals surface area contributed by atoms with Gasteiger partial charge in [-0.1, -0.05) is 97.1 Å². The van der Waals surface area contributed by atoms with Gasteiger partial charge in [-0.2, -0.15) is 0 Å². The van der Waals surface area contributed by atoms with Crippen LogP contribution in [-0.2, 0) is 30.1 Å². The van der Waals surface area contributed by atoms with Gasteiger partial charge in [0.2, 0.25) is 23.6 Å². The first-order valence-electron chi connectivity index (χ1n) is 21.8. The number of amides is 4. The molecule has 9 rings (SSSR count). The van der Waals surface area contributed by atoms with Gasteiger partial charge >= 0.3 is 26.2 Å². The van der Waals surface area contributed by atoms with Crippen molar-refractivity contribution in [3.63, 3.8) is 0 Å². The van der Waals surface area contributed by atoms with Gasteiger partial charge in [-0.3, -0.25) is 19.2 Å². The molecule has 0 atom stereocenters. The summed E-state index contributed by atoms with van der Waals surface area (Å²) in [5, 5.41) is 31.0. The fraction of sp³-hybridized carbons (Fsp3) is 0.111. The van der Waals surface area contributed by atoms with Crippen molar-refractivity contribution in [2.24, 2.45) is 0 Å². The van der Waals surface area contributed by atoms with Crippen LogP contribution >= 0.6 is 0 Å². The first-order chi connectivity index (χ1) is 32.9. The number of hydrogen-bond donors (Lipinski definition) is 6. The van der Waals surface area contributed by atoms with Crippen LogP contribution in [0.15, 0.2) is 121 Å². The van der Waals surface area contributed by atoms with Crippen LogP contribution in [0.25, 0.3) is 90.9 Å². The monoisotopic (exact) mass is 1150 g/mol. The second-order valence-corrected chi connectivity index (χ2v) is 16.2. The van der Waals surface area contributed by atoms with Gasteiger partial charge in [0, 0.05) is 78.6 Å². The fourth-order valence-electron chi connectivity index (χ4n) is 8.47. The number of nitrogens with one attached hydrogen (secondary N) is 4. The molecule has 357 valence electrons. The van der Waals surface area contributed by atoms with Crippen LogP contribution in [0.3, 0.4) is 0 Å². The maximum atomic E-state index is 13.3. The molecule has 7 aromatic rings. The molecule has 4 aromatic carbocycles. The van der Waals surface area contributed by atoms with Crippen LogP contribution in [0, 0.1) is 0 Å². The van der Waals surface area contributed by atoms with Crippen LogP contribution in [0.2, 0.25) is 0 Å². The fourth-order valence-corrected chi connectivity index (χ4v) is 8.47. The molecular formula is C54H50BiN8O8+2. The number of aliphatic hydroxyl groups is 2. The van der Waals surface area contributed by atoms with Gasteiger partial charge in [-0.05, 0) is 70.8 Å².